The van der Waals surface area contributed by atoms with E-state index < -0.39 is 34.6 Å². The summed E-state index contributed by atoms with van der Waals surface area (Å²) in [4.78, 5) is 62.8. The number of pyridine rings is 2. The number of carbonyl (C=O) groups is 3. The lowest BCUT2D eigenvalue weighted by Crippen LogP contribution is -2.46. The van der Waals surface area contributed by atoms with Crippen LogP contribution >= 0.6 is 0 Å². The van der Waals surface area contributed by atoms with Gasteiger partial charge in [-0.05, 0) is 26.0 Å². The van der Waals surface area contributed by atoms with Crippen molar-refractivity contribution in [3.63, 3.8) is 0 Å². The van der Waals surface area contributed by atoms with Crippen LogP contribution in [0.4, 0.5) is 0 Å². The van der Waals surface area contributed by atoms with Gasteiger partial charge in [0.2, 0.25) is 11.3 Å². The summed E-state index contributed by atoms with van der Waals surface area (Å²) >= 11 is 0. The zero-order valence-electron chi connectivity index (χ0n) is 18.5. The standard InChI is InChI=1S/C21H23N7O6/c1-11(2)26-5-6-27-13(7-14(29)18(31)17(27)20(26)33)8-22-16(30)9-23-19(32)12-3-4-15-24-25-21(34)28(15)10-12/h3-4,7,10-11,31H,5-6,8-9H2,1-2H3,(H,22,30)(H,23,32)(H,25,34). The number of H-pyrrole nitrogens is 1. The highest BCUT2D eigenvalue weighted by Gasteiger charge is 2.31. The lowest BCUT2D eigenvalue weighted by atomic mass is 10.1. The maximum atomic E-state index is 12.8. The molecule has 4 heterocycles. The number of fused-ring (bicyclic) bond motifs is 2. The second-order valence-electron chi connectivity index (χ2n) is 8.08. The topological polar surface area (TPSA) is 171 Å². The molecule has 1 aliphatic rings. The Balaban J connectivity index is 1.42. The molecule has 4 N–H and O–H groups in total. The fourth-order valence-electron chi connectivity index (χ4n) is 3.80. The molecule has 0 radical (unpaired) electrons. The van der Waals surface area contributed by atoms with E-state index in [4.69, 9.17) is 0 Å². The molecule has 3 aromatic rings. The first-order valence-corrected chi connectivity index (χ1v) is 10.6. The number of amides is 3. The lowest BCUT2D eigenvalue weighted by Gasteiger charge is -2.34. The maximum absolute atomic E-state index is 12.8. The summed E-state index contributed by atoms with van der Waals surface area (Å²) in [6.45, 7) is 3.99. The fourth-order valence-corrected chi connectivity index (χ4v) is 3.80. The molecule has 13 nitrogen and oxygen atoms in total. The zero-order chi connectivity index (χ0) is 24.6. The van der Waals surface area contributed by atoms with Crippen LogP contribution in [0.2, 0.25) is 0 Å². The van der Waals surface area contributed by atoms with Gasteiger partial charge in [0, 0.05) is 37.1 Å². The van der Waals surface area contributed by atoms with Gasteiger partial charge in [-0.1, -0.05) is 0 Å². The summed E-state index contributed by atoms with van der Waals surface area (Å²) in [6.07, 6.45) is 1.31. The van der Waals surface area contributed by atoms with E-state index in [0.29, 0.717) is 24.4 Å². The van der Waals surface area contributed by atoms with Crippen molar-refractivity contribution in [3.05, 3.63) is 62.1 Å². The third-order valence-electron chi connectivity index (χ3n) is 5.57. The largest absolute Gasteiger partial charge is 0.503 e. The van der Waals surface area contributed by atoms with E-state index in [2.05, 4.69) is 20.8 Å². The van der Waals surface area contributed by atoms with Crippen molar-refractivity contribution < 1.29 is 19.5 Å². The van der Waals surface area contributed by atoms with Gasteiger partial charge in [0.1, 0.15) is 0 Å². The molecule has 0 saturated carbocycles. The number of carbonyl (C=O) groups excluding carboxylic acids is 3. The van der Waals surface area contributed by atoms with Crippen LogP contribution in [0.3, 0.4) is 0 Å². The number of hydrogen-bond donors (Lipinski definition) is 4. The number of aromatic hydroxyl groups is 1. The molecule has 0 unspecified atom stereocenters. The first kappa shape index (κ1) is 22.8. The van der Waals surface area contributed by atoms with Gasteiger partial charge in [-0.25, -0.2) is 14.3 Å². The number of nitrogens with one attached hydrogen (secondary N) is 3. The van der Waals surface area contributed by atoms with E-state index in [1.807, 2.05) is 13.8 Å². The second-order valence-corrected chi connectivity index (χ2v) is 8.08. The van der Waals surface area contributed by atoms with Crippen molar-refractivity contribution in [2.45, 2.75) is 33.0 Å². The smallest absolute Gasteiger partial charge is 0.347 e. The Morgan fingerprint density at radius 3 is 2.68 bits per heavy atom. The second kappa shape index (κ2) is 8.84. The summed E-state index contributed by atoms with van der Waals surface area (Å²) in [5.74, 6) is -2.17. The van der Waals surface area contributed by atoms with Crippen LogP contribution in [0.1, 0.15) is 40.4 Å². The Hall–Kier alpha value is -4.42. The van der Waals surface area contributed by atoms with Crippen LogP contribution in [-0.2, 0) is 17.9 Å². The van der Waals surface area contributed by atoms with Gasteiger partial charge in [0.15, 0.2) is 17.1 Å². The van der Waals surface area contributed by atoms with Crippen LogP contribution in [0, 0.1) is 0 Å². The molecule has 0 bridgehead atoms. The number of aromatic nitrogens is 4. The Bertz CT molecular complexity index is 1420. The van der Waals surface area contributed by atoms with Crippen LogP contribution < -0.4 is 21.8 Å². The summed E-state index contributed by atoms with van der Waals surface area (Å²) < 4.78 is 2.69. The molecule has 0 saturated heterocycles. The first-order valence-electron chi connectivity index (χ1n) is 10.6. The summed E-state index contributed by atoms with van der Waals surface area (Å²) in [6, 6.07) is 4.03. The minimum Gasteiger partial charge on any atom is -0.503 e. The monoisotopic (exact) mass is 469 g/mol. The van der Waals surface area contributed by atoms with Gasteiger partial charge in [0.05, 0.1) is 18.7 Å². The van der Waals surface area contributed by atoms with Crippen LogP contribution in [-0.4, -0.2) is 66.0 Å². The highest BCUT2D eigenvalue weighted by atomic mass is 16.3. The van der Waals surface area contributed by atoms with Gasteiger partial charge >= 0.3 is 5.69 Å². The van der Waals surface area contributed by atoms with Crippen molar-refractivity contribution >= 4 is 23.4 Å². The molecule has 4 rings (SSSR count). The molecular formula is C21H23N7O6. The van der Waals surface area contributed by atoms with Gasteiger partial charge in [-0.3, -0.25) is 19.2 Å². The third-order valence-corrected chi connectivity index (χ3v) is 5.57. The normalized spacial score (nSPS) is 13.3. The molecule has 3 aromatic heterocycles. The van der Waals surface area contributed by atoms with Crippen LogP contribution in [0.5, 0.6) is 5.75 Å². The zero-order valence-corrected chi connectivity index (χ0v) is 18.5. The van der Waals surface area contributed by atoms with E-state index in [1.54, 1.807) is 4.90 Å². The van der Waals surface area contributed by atoms with Crippen molar-refractivity contribution in [3.8, 4) is 5.75 Å². The molecule has 3 amide bonds. The van der Waals surface area contributed by atoms with Gasteiger partial charge in [0.25, 0.3) is 11.8 Å². The quantitative estimate of drug-likeness (QED) is 0.351. The average Bonchev–Trinajstić information content (AvgIpc) is 3.18. The third kappa shape index (κ3) is 4.14. The minimum atomic E-state index is -0.715. The Morgan fingerprint density at radius 2 is 1.94 bits per heavy atom. The molecular weight excluding hydrogens is 446 g/mol. The maximum Gasteiger partial charge on any atom is 0.347 e. The summed E-state index contributed by atoms with van der Waals surface area (Å²) in [5, 5.41) is 21.3. The molecule has 1 aliphatic heterocycles. The Labute approximate surface area is 192 Å². The van der Waals surface area contributed by atoms with Gasteiger partial charge < -0.3 is 25.2 Å². The van der Waals surface area contributed by atoms with E-state index in [9.17, 15) is 29.1 Å². The number of nitrogens with zero attached hydrogens (tertiary/aromatic N) is 4. The van der Waals surface area contributed by atoms with Gasteiger partial charge in [-0.2, -0.15) is 5.10 Å². The van der Waals surface area contributed by atoms with E-state index >= 15 is 0 Å². The van der Waals surface area contributed by atoms with Crippen molar-refractivity contribution in [1.29, 1.82) is 0 Å². The van der Waals surface area contributed by atoms with Crippen molar-refractivity contribution in [2.24, 2.45) is 0 Å². The predicted molar refractivity (Wildman–Crippen MR) is 119 cm³/mol. The molecule has 34 heavy (non-hydrogen) atoms. The summed E-state index contributed by atoms with van der Waals surface area (Å²) in [5.41, 5.74) is -0.440. The molecule has 0 spiro atoms. The Morgan fingerprint density at radius 1 is 1.18 bits per heavy atom. The number of aromatic amines is 1. The summed E-state index contributed by atoms with van der Waals surface area (Å²) in [7, 11) is 0. The van der Waals surface area contributed by atoms with Crippen molar-refractivity contribution in [2.75, 3.05) is 13.1 Å². The SMILES string of the molecule is CC(C)N1CCn2c(CNC(=O)CNC(=O)c3ccc4n[nH]c(=O)n4c3)cc(=O)c(O)c2C1=O. The molecule has 0 aliphatic carbocycles. The highest BCUT2D eigenvalue weighted by molar-refractivity contribution is 5.97. The minimum absolute atomic E-state index is 0.0808. The van der Waals surface area contributed by atoms with Gasteiger partial charge in [-0.15, -0.1) is 0 Å². The lowest BCUT2D eigenvalue weighted by molar-refractivity contribution is -0.120. The molecule has 178 valence electrons. The number of hydrogen-bond acceptors (Lipinski definition) is 7. The number of rotatable bonds is 6. The van der Waals surface area contributed by atoms with Crippen LogP contribution in [0.25, 0.3) is 5.65 Å². The predicted octanol–water partition coefficient (Wildman–Crippen LogP) is -1.20. The Kier molecular flexibility index (Phi) is 5.92. The van der Waals surface area contributed by atoms with Crippen molar-refractivity contribution in [1.82, 2.24) is 34.7 Å². The molecule has 0 aromatic carbocycles. The molecule has 0 atom stereocenters. The van der Waals surface area contributed by atoms with E-state index in [0.717, 1.165) is 0 Å². The first-order chi connectivity index (χ1) is 16.2. The fraction of sp³-hybridized carbons (Fsp3) is 0.333. The van der Waals surface area contributed by atoms with Crippen LogP contribution in [0.15, 0.2) is 34.0 Å². The molecule has 0 fully saturated rings. The van der Waals surface area contributed by atoms with E-state index in [-0.39, 0.29) is 30.4 Å². The average molecular weight is 469 g/mol. The highest BCUT2D eigenvalue weighted by Crippen LogP contribution is 2.22. The van der Waals surface area contributed by atoms with E-state index in [1.165, 1.54) is 33.4 Å². The molecule has 13 heteroatoms.